The molecule has 1 unspecified atom stereocenters. The Balaban J connectivity index is 1.96. The standard InChI is InChI=1S/C13H19N3O/c1-10-5-3-4-6-12(10)15-13(17)16-8-7-11(9-16)14-2/h3-6,11,14H,7-9H2,1-2H3,(H,15,17). The van der Waals surface area contributed by atoms with Crippen molar-refractivity contribution < 1.29 is 4.79 Å². The van der Waals surface area contributed by atoms with Crippen LogP contribution in [0.15, 0.2) is 24.3 Å². The lowest BCUT2D eigenvalue weighted by molar-refractivity contribution is 0.221. The molecule has 4 nitrogen and oxygen atoms in total. The molecule has 0 radical (unpaired) electrons. The van der Waals surface area contributed by atoms with Crippen LogP contribution in [0.2, 0.25) is 0 Å². The van der Waals surface area contributed by atoms with Gasteiger partial charge < -0.3 is 15.5 Å². The zero-order valence-corrected chi connectivity index (χ0v) is 10.4. The number of amides is 2. The van der Waals surface area contributed by atoms with Crippen LogP contribution < -0.4 is 10.6 Å². The quantitative estimate of drug-likeness (QED) is 0.818. The summed E-state index contributed by atoms with van der Waals surface area (Å²) in [6, 6.07) is 8.25. The molecule has 1 atom stereocenters. The van der Waals surface area contributed by atoms with Gasteiger partial charge in [-0.15, -0.1) is 0 Å². The van der Waals surface area contributed by atoms with Crippen LogP contribution >= 0.6 is 0 Å². The highest BCUT2D eigenvalue weighted by molar-refractivity contribution is 5.90. The van der Waals surface area contributed by atoms with Gasteiger partial charge >= 0.3 is 6.03 Å². The van der Waals surface area contributed by atoms with Crippen molar-refractivity contribution in [2.24, 2.45) is 0 Å². The monoisotopic (exact) mass is 233 g/mol. The van der Waals surface area contributed by atoms with Gasteiger partial charge in [0.05, 0.1) is 0 Å². The van der Waals surface area contributed by atoms with E-state index in [4.69, 9.17) is 0 Å². The number of carbonyl (C=O) groups is 1. The summed E-state index contributed by atoms with van der Waals surface area (Å²) < 4.78 is 0. The van der Waals surface area contributed by atoms with E-state index in [9.17, 15) is 4.79 Å². The van der Waals surface area contributed by atoms with Crippen molar-refractivity contribution in [3.8, 4) is 0 Å². The number of carbonyl (C=O) groups excluding carboxylic acids is 1. The third-order valence-corrected chi connectivity index (χ3v) is 3.27. The minimum atomic E-state index is -0.00273. The molecule has 1 saturated heterocycles. The van der Waals surface area contributed by atoms with E-state index < -0.39 is 0 Å². The third-order valence-electron chi connectivity index (χ3n) is 3.27. The number of benzene rings is 1. The summed E-state index contributed by atoms with van der Waals surface area (Å²) in [5, 5.41) is 6.16. The van der Waals surface area contributed by atoms with Crippen molar-refractivity contribution in [1.82, 2.24) is 10.2 Å². The molecule has 0 bridgehead atoms. The average Bonchev–Trinajstić information content (AvgIpc) is 2.81. The number of nitrogens with one attached hydrogen (secondary N) is 2. The van der Waals surface area contributed by atoms with Crippen LogP contribution in [0.5, 0.6) is 0 Å². The van der Waals surface area contributed by atoms with Crippen LogP contribution in [0.4, 0.5) is 10.5 Å². The van der Waals surface area contributed by atoms with Crippen LogP contribution in [-0.2, 0) is 0 Å². The number of anilines is 1. The Bertz CT molecular complexity index is 405. The van der Waals surface area contributed by atoms with E-state index in [1.807, 2.05) is 43.1 Å². The van der Waals surface area contributed by atoms with Gasteiger partial charge in [-0.1, -0.05) is 18.2 Å². The summed E-state index contributed by atoms with van der Waals surface area (Å²) in [6.07, 6.45) is 1.03. The second kappa shape index (κ2) is 5.19. The number of aryl methyl sites for hydroxylation is 1. The van der Waals surface area contributed by atoms with Gasteiger partial charge in [0.25, 0.3) is 0 Å². The third kappa shape index (κ3) is 2.77. The molecule has 0 aliphatic carbocycles. The number of para-hydroxylation sites is 1. The molecule has 0 saturated carbocycles. The number of hydrogen-bond donors (Lipinski definition) is 2. The van der Waals surface area contributed by atoms with Crippen molar-refractivity contribution in [2.75, 3.05) is 25.5 Å². The molecule has 1 heterocycles. The average molecular weight is 233 g/mol. The van der Waals surface area contributed by atoms with Crippen molar-refractivity contribution >= 4 is 11.7 Å². The number of nitrogens with zero attached hydrogens (tertiary/aromatic N) is 1. The Morgan fingerprint density at radius 1 is 1.41 bits per heavy atom. The molecule has 1 aromatic carbocycles. The number of rotatable bonds is 2. The fourth-order valence-electron chi connectivity index (χ4n) is 2.09. The zero-order valence-electron chi connectivity index (χ0n) is 10.4. The molecule has 2 rings (SSSR count). The molecule has 17 heavy (non-hydrogen) atoms. The van der Waals surface area contributed by atoms with Crippen molar-refractivity contribution in [1.29, 1.82) is 0 Å². The minimum Gasteiger partial charge on any atom is -0.323 e. The zero-order chi connectivity index (χ0) is 12.3. The van der Waals surface area contributed by atoms with Gasteiger partial charge in [0, 0.05) is 24.8 Å². The van der Waals surface area contributed by atoms with Crippen LogP contribution in [0.3, 0.4) is 0 Å². The van der Waals surface area contributed by atoms with Gasteiger partial charge in [-0.05, 0) is 32.0 Å². The van der Waals surface area contributed by atoms with E-state index in [1.165, 1.54) is 0 Å². The van der Waals surface area contributed by atoms with Crippen LogP contribution in [0.1, 0.15) is 12.0 Å². The Kier molecular flexibility index (Phi) is 3.64. The van der Waals surface area contributed by atoms with Gasteiger partial charge in [0.15, 0.2) is 0 Å². The van der Waals surface area contributed by atoms with E-state index in [0.717, 1.165) is 30.8 Å². The molecule has 1 aliphatic rings. The van der Waals surface area contributed by atoms with E-state index >= 15 is 0 Å². The second-order valence-corrected chi connectivity index (χ2v) is 4.47. The molecule has 1 aliphatic heterocycles. The summed E-state index contributed by atoms with van der Waals surface area (Å²) in [5.74, 6) is 0. The van der Waals surface area contributed by atoms with Crippen LogP contribution in [0.25, 0.3) is 0 Å². The number of urea groups is 1. The molecular formula is C13H19N3O. The van der Waals surface area contributed by atoms with E-state index in [2.05, 4.69) is 10.6 Å². The second-order valence-electron chi connectivity index (χ2n) is 4.47. The van der Waals surface area contributed by atoms with Crippen molar-refractivity contribution in [2.45, 2.75) is 19.4 Å². The summed E-state index contributed by atoms with van der Waals surface area (Å²) in [5.41, 5.74) is 1.98. The van der Waals surface area contributed by atoms with Gasteiger partial charge in [-0.3, -0.25) is 0 Å². The van der Waals surface area contributed by atoms with Gasteiger partial charge in [-0.25, -0.2) is 4.79 Å². The molecule has 0 aromatic heterocycles. The molecule has 2 amide bonds. The SMILES string of the molecule is CNC1CCN(C(=O)Nc2ccccc2C)C1. The maximum absolute atomic E-state index is 12.0. The first-order chi connectivity index (χ1) is 8.20. The van der Waals surface area contributed by atoms with Crippen LogP contribution in [0, 0.1) is 6.92 Å². The lowest BCUT2D eigenvalue weighted by Gasteiger charge is -2.18. The van der Waals surface area contributed by atoms with E-state index in [-0.39, 0.29) is 6.03 Å². The van der Waals surface area contributed by atoms with Crippen molar-refractivity contribution in [3.05, 3.63) is 29.8 Å². The summed E-state index contributed by atoms with van der Waals surface area (Å²) in [6.45, 7) is 3.60. The topological polar surface area (TPSA) is 44.4 Å². The van der Waals surface area contributed by atoms with E-state index in [0.29, 0.717) is 6.04 Å². The Hall–Kier alpha value is -1.55. The summed E-state index contributed by atoms with van der Waals surface area (Å²) in [7, 11) is 1.94. The predicted molar refractivity (Wildman–Crippen MR) is 69.2 cm³/mol. The number of likely N-dealkylation sites (tertiary alicyclic amines) is 1. The largest absolute Gasteiger partial charge is 0.323 e. The first-order valence-electron chi connectivity index (χ1n) is 5.99. The van der Waals surface area contributed by atoms with Gasteiger partial charge in [-0.2, -0.15) is 0 Å². The first kappa shape index (κ1) is 11.9. The van der Waals surface area contributed by atoms with Gasteiger partial charge in [0.1, 0.15) is 0 Å². The normalized spacial score (nSPS) is 19.4. The first-order valence-corrected chi connectivity index (χ1v) is 5.99. The molecular weight excluding hydrogens is 214 g/mol. The summed E-state index contributed by atoms with van der Waals surface area (Å²) in [4.78, 5) is 13.9. The molecule has 1 aromatic rings. The molecule has 92 valence electrons. The highest BCUT2D eigenvalue weighted by Crippen LogP contribution is 2.16. The molecule has 2 N–H and O–H groups in total. The lowest BCUT2D eigenvalue weighted by Crippen LogP contribution is -2.36. The van der Waals surface area contributed by atoms with E-state index in [1.54, 1.807) is 0 Å². The smallest absolute Gasteiger partial charge is 0.321 e. The molecule has 4 heteroatoms. The van der Waals surface area contributed by atoms with Gasteiger partial charge in [0.2, 0.25) is 0 Å². The Morgan fingerprint density at radius 3 is 2.82 bits per heavy atom. The maximum Gasteiger partial charge on any atom is 0.321 e. The number of likely N-dealkylation sites (N-methyl/N-ethyl adjacent to an activating group) is 1. The van der Waals surface area contributed by atoms with Crippen molar-refractivity contribution in [3.63, 3.8) is 0 Å². The molecule has 1 fully saturated rings. The Labute approximate surface area is 102 Å². The summed E-state index contributed by atoms with van der Waals surface area (Å²) >= 11 is 0. The minimum absolute atomic E-state index is 0.00273. The predicted octanol–water partition coefficient (Wildman–Crippen LogP) is 1.82. The fourth-order valence-corrected chi connectivity index (χ4v) is 2.09. The van der Waals surface area contributed by atoms with Crippen LogP contribution in [-0.4, -0.2) is 37.1 Å². The fraction of sp³-hybridized carbons (Fsp3) is 0.462. The lowest BCUT2D eigenvalue weighted by atomic mass is 10.2. The highest BCUT2D eigenvalue weighted by atomic mass is 16.2. The Morgan fingerprint density at radius 2 is 2.18 bits per heavy atom. The number of hydrogen-bond acceptors (Lipinski definition) is 2. The highest BCUT2D eigenvalue weighted by Gasteiger charge is 2.25. The molecule has 0 spiro atoms. The maximum atomic E-state index is 12.0.